The third kappa shape index (κ3) is 4.79. The molecule has 27 heavy (non-hydrogen) atoms. The van der Waals surface area contributed by atoms with Crippen molar-refractivity contribution in [3.63, 3.8) is 0 Å². The lowest BCUT2D eigenvalue weighted by atomic mass is 10.1. The monoisotopic (exact) mass is 386 g/mol. The highest BCUT2D eigenvalue weighted by Crippen LogP contribution is 2.19. The van der Waals surface area contributed by atoms with Gasteiger partial charge in [0.2, 0.25) is 17.5 Å². The first-order valence-electron chi connectivity index (χ1n) is 8.29. The lowest BCUT2D eigenvalue weighted by Gasteiger charge is -2.12. The Hall–Kier alpha value is -3.00. The smallest absolute Gasteiger partial charge is 0.307 e. The topological polar surface area (TPSA) is 91.5 Å². The Morgan fingerprint density at radius 2 is 2.00 bits per heavy atom. The number of carbonyl (C=O) groups excluding carboxylic acids is 2. The largest absolute Gasteiger partial charge is 0.497 e. The second-order valence-electron chi connectivity index (χ2n) is 5.75. The number of esters is 1. The van der Waals surface area contributed by atoms with Gasteiger partial charge in [-0.3, -0.25) is 9.59 Å². The lowest BCUT2D eigenvalue weighted by molar-refractivity contribution is -0.146. The predicted octanol–water partition coefficient (Wildman–Crippen LogP) is 3.55. The van der Waals surface area contributed by atoms with Crippen LogP contribution in [-0.2, 0) is 16.0 Å². The first-order chi connectivity index (χ1) is 13.1. The fraction of sp³-hybridized carbons (Fsp3) is 0.263. The number of nitrogens with zero attached hydrogens (tertiary/aromatic N) is 2. The summed E-state index contributed by atoms with van der Waals surface area (Å²) in [6, 6.07) is 8.52. The van der Waals surface area contributed by atoms with Gasteiger partial charge in [0.25, 0.3) is 0 Å². The number of benzene rings is 1. The summed E-state index contributed by atoms with van der Waals surface area (Å²) in [7, 11) is 1.55. The molecule has 2 aromatic heterocycles. The number of thiophene rings is 1. The molecule has 0 amide bonds. The van der Waals surface area contributed by atoms with Crippen LogP contribution in [0, 0.1) is 0 Å². The van der Waals surface area contributed by atoms with E-state index in [2.05, 4.69) is 10.1 Å². The first-order valence-corrected chi connectivity index (χ1v) is 9.24. The summed E-state index contributed by atoms with van der Waals surface area (Å²) >= 11 is 1.54. The Kier molecular flexibility index (Phi) is 5.97. The number of ether oxygens (including phenoxy) is 2. The van der Waals surface area contributed by atoms with Crippen LogP contribution in [0.2, 0.25) is 0 Å². The van der Waals surface area contributed by atoms with E-state index in [0.29, 0.717) is 23.0 Å². The van der Waals surface area contributed by atoms with Crippen molar-refractivity contribution in [2.45, 2.75) is 25.9 Å². The number of rotatable bonds is 8. The molecule has 3 aromatic rings. The highest BCUT2D eigenvalue weighted by atomic mass is 32.1. The van der Waals surface area contributed by atoms with Crippen LogP contribution in [0.3, 0.4) is 0 Å². The van der Waals surface area contributed by atoms with Crippen molar-refractivity contribution in [3.05, 3.63) is 52.5 Å². The Morgan fingerprint density at radius 3 is 2.67 bits per heavy atom. The minimum absolute atomic E-state index is 0.0471. The number of Topliss-reactive ketones (excluding diaryl/α,β-unsaturated/α-hetero) is 1. The molecular weight excluding hydrogens is 368 g/mol. The zero-order valence-electron chi connectivity index (χ0n) is 14.9. The van der Waals surface area contributed by atoms with Gasteiger partial charge >= 0.3 is 5.97 Å². The van der Waals surface area contributed by atoms with Crippen molar-refractivity contribution in [3.8, 4) is 17.1 Å². The maximum absolute atomic E-state index is 12.3. The van der Waals surface area contributed by atoms with Crippen molar-refractivity contribution in [2.24, 2.45) is 0 Å². The van der Waals surface area contributed by atoms with E-state index in [-0.39, 0.29) is 18.6 Å². The maximum atomic E-state index is 12.3. The van der Waals surface area contributed by atoms with Crippen molar-refractivity contribution in [1.29, 1.82) is 0 Å². The third-order valence-electron chi connectivity index (χ3n) is 3.84. The quantitative estimate of drug-likeness (QED) is 0.432. The van der Waals surface area contributed by atoms with Gasteiger partial charge < -0.3 is 14.0 Å². The summed E-state index contributed by atoms with van der Waals surface area (Å²) in [5.74, 6) is 0.714. The molecule has 1 atom stereocenters. The Morgan fingerprint density at radius 1 is 1.22 bits per heavy atom. The van der Waals surface area contributed by atoms with E-state index in [1.54, 1.807) is 38.3 Å². The summed E-state index contributed by atoms with van der Waals surface area (Å²) in [5, 5.41) is 7.72. The van der Waals surface area contributed by atoms with Gasteiger partial charge in [-0.25, -0.2) is 0 Å². The van der Waals surface area contributed by atoms with Crippen LogP contribution >= 0.6 is 11.3 Å². The number of ketones is 1. The van der Waals surface area contributed by atoms with Gasteiger partial charge in [0.05, 0.1) is 13.5 Å². The molecule has 2 heterocycles. The molecule has 1 aromatic carbocycles. The highest BCUT2D eigenvalue weighted by Gasteiger charge is 2.20. The number of hydrogen-bond donors (Lipinski definition) is 0. The lowest BCUT2D eigenvalue weighted by Crippen LogP contribution is -2.24. The number of hydrogen-bond acceptors (Lipinski definition) is 8. The molecular formula is C19H18N2O5S. The molecule has 0 spiro atoms. The molecule has 8 heteroatoms. The van der Waals surface area contributed by atoms with Gasteiger partial charge in [0.1, 0.15) is 5.75 Å². The molecule has 0 N–H and O–H groups in total. The summed E-state index contributed by atoms with van der Waals surface area (Å²) in [6.07, 6.45) is -0.583. The van der Waals surface area contributed by atoms with Gasteiger partial charge in [0, 0.05) is 22.9 Å². The number of aromatic nitrogens is 2. The normalized spacial score (nSPS) is 11.8. The summed E-state index contributed by atoms with van der Waals surface area (Å²) in [4.78, 5) is 28.6. The van der Waals surface area contributed by atoms with Crippen LogP contribution in [0.15, 0.2) is 45.6 Å². The molecule has 7 nitrogen and oxygen atoms in total. The Labute approximate surface area is 159 Å². The van der Waals surface area contributed by atoms with Crippen molar-refractivity contribution in [1.82, 2.24) is 10.1 Å². The molecule has 140 valence electrons. The van der Waals surface area contributed by atoms with Crippen LogP contribution < -0.4 is 4.74 Å². The number of aryl methyl sites for hydroxylation is 1. The summed E-state index contributed by atoms with van der Waals surface area (Å²) in [5.41, 5.74) is 1.32. The van der Waals surface area contributed by atoms with E-state index < -0.39 is 12.1 Å². The standard InChI is InChI=1S/C19H18N2O5S/c1-12(18(23)13-3-5-15(24-2)6-4-13)25-17(22)8-7-16-20-19(21-26-16)14-9-10-27-11-14/h3-6,9-12H,7-8H2,1-2H3. The predicted molar refractivity (Wildman–Crippen MR) is 98.8 cm³/mol. The summed E-state index contributed by atoms with van der Waals surface area (Å²) < 4.78 is 15.4. The van der Waals surface area contributed by atoms with Crippen LogP contribution in [0.1, 0.15) is 29.6 Å². The average Bonchev–Trinajstić information content (AvgIpc) is 3.37. The molecule has 0 aliphatic carbocycles. The molecule has 0 saturated carbocycles. The van der Waals surface area contributed by atoms with Crippen molar-refractivity contribution in [2.75, 3.05) is 7.11 Å². The average molecular weight is 386 g/mol. The van der Waals surface area contributed by atoms with Crippen LogP contribution in [0.25, 0.3) is 11.4 Å². The van der Waals surface area contributed by atoms with Crippen LogP contribution in [0.5, 0.6) is 5.75 Å². The SMILES string of the molecule is COc1ccc(C(=O)C(C)OC(=O)CCc2nc(-c3ccsc3)no2)cc1. The minimum Gasteiger partial charge on any atom is -0.497 e. The first kappa shape index (κ1) is 18.8. The maximum Gasteiger partial charge on any atom is 0.307 e. The van der Waals surface area contributed by atoms with Crippen LogP contribution in [-0.4, -0.2) is 35.1 Å². The minimum atomic E-state index is -0.880. The Bertz CT molecular complexity index is 903. The zero-order chi connectivity index (χ0) is 19.2. The highest BCUT2D eigenvalue weighted by molar-refractivity contribution is 7.08. The van der Waals surface area contributed by atoms with E-state index in [0.717, 1.165) is 5.56 Å². The molecule has 0 aliphatic rings. The molecule has 1 unspecified atom stereocenters. The second kappa shape index (κ2) is 8.59. The molecule has 0 saturated heterocycles. The number of methoxy groups -OCH3 is 1. The van der Waals surface area contributed by atoms with E-state index in [4.69, 9.17) is 14.0 Å². The van der Waals surface area contributed by atoms with E-state index in [9.17, 15) is 9.59 Å². The van der Waals surface area contributed by atoms with Gasteiger partial charge in [-0.05, 0) is 42.6 Å². The summed E-state index contributed by atoms with van der Waals surface area (Å²) in [6.45, 7) is 1.55. The van der Waals surface area contributed by atoms with E-state index in [1.165, 1.54) is 11.3 Å². The van der Waals surface area contributed by atoms with E-state index >= 15 is 0 Å². The number of carbonyl (C=O) groups is 2. The van der Waals surface area contributed by atoms with Gasteiger partial charge in [0.15, 0.2) is 6.10 Å². The Balaban J connectivity index is 1.50. The molecule has 0 fully saturated rings. The van der Waals surface area contributed by atoms with E-state index in [1.807, 2.05) is 16.8 Å². The zero-order valence-corrected chi connectivity index (χ0v) is 15.7. The molecule has 0 radical (unpaired) electrons. The molecule has 3 rings (SSSR count). The van der Waals surface area contributed by atoms with Crippen LogP contribution in [0.4, 0.5) is 0 Å². The second-order valence-corrected chi connectivity index (χ2v) is 6.53. The molecule has 0 aliphatic heterocycles. The van der Waals surface area contributed by atoms with Gasteiger partial charge in [-0.15, -0.1) is 0 Å². The van der Waals surface area contributed by atoms with Gasteiger partial charge in [-0.1, -0.05) is 5.16 Å². The van der Waals surface area contributed by atoms with Crippen molar-refractivity contribution >= 4 is 23.1 Å². The fourth-order valence-electron chi connectivity index (χ4n) is 2.37. The van der Waals surface area contributed by atoms with Crippen molar-refractivity contribution < 1.29 is 23.6 Å². The fourth-order valence-corrected chi connectivity index (χ4v) is 3.01. The molecule has 0 bridgehead atoms. The third-order valence-corrected chi connectivity index (χ3v) is 4.53. The van der Waals surface area contributed by atoms with Gasteiger partial charge in [-0.2, -0.15) is 16.3 Å².